The van der Waals surface area contributed by atoms with Gasteiger partial charge in [-0.05, 0) is 23.3 Å². The molecular formula is C22H20N2O3. The minimum atomic E-state index is -1.15. The molecule has 0 aromatic heterocycles. The second kappa shape index (κ2) is 8.67. The van der Waals surface area contributed by atoms with Crippen molar-refractivity contribution < 1.29 is 14.7 Å². The summed E-state index contributed by atoms with van der Waals surface area (Å²) in [5, 5.41) is 14.9. The van der Waals surface area contributed by atoms with Gasteiger partial charge in [0, 0.05) is 5.56 Å². The SMILES string of the molecule is O=C(O)N[C@@H](c1ccccc1)[C@@H](NC(=O)c1ccccc1)c1ccccc1. The normalized spacial score (nSPS) is 12.6. The van der Waals surface area contributed by atoms with Gasteiger partial charge in [-0.25, -0.2) is 4.79 Å². The second-order valence-electron chi connectivity index (χ2n) is 6.07. The summed E-state index contributed by atoms with van der Waals surface area (Å²) in [5.41, 5.74) is 2.09. The number of rotatable bonds is 6. The van der Waals surface area contributed by atoms with Crippen molar-refractivity contribution in [3.63, 3.8) is 0 Å². The van der Waals surface area contributed by atoms with Crippen LogP contribution in [0.1, 0.15) is 33.6 Å². The zero-order valence-electron chi connectivity index (χ0n) is 14.6. The van der Waals surface area contributed by atoms with Gasteiger partial charge in [0.2, 0.25) is 0 Å². The van der Waals surface area contributed by atoms with Crippen LogP contribution in [0.15, 0.2) is 91.0 Å². The number of carboxylic acid groups (broad SMARTS) is 1. The third-order valence-electron chi connectivity index (χ3n) is 4.25. The molecule has 0 radical (unpaired) electrons. The largest absolute Gasteiger partial charge is 0.465 e. The first-order valence-corrected chi connectivity index (χ1v) is 8.60. The highest BCUT2D eigenvalue weighted by Gasteiger charge is 2.28. The van der Waals surface area contributed by atoms with Crippen molar-refractivity contribution in [2.45, 2.75) is 12.1 Å². The monoisotopic (exact) mass is 360 g/mol. The average Bonchev–Trinajstić information content (AvgIpc) is 2.72. The standard InChI is InChI=1S/C22H20N2O3/c25-21(18-14-8-3-9-15-18)23-19(16-10-4-1-5-11-16)20(24-22(26)27)17-12-6-2-7-13-17/h1-15,19-20,24H,(H,23,25)(H,26,27)/t19-,20-/m0/s1. The molecule has 0 saturated heterocycles. The Hall–Kier alpha value is -3.60. The molecule has 3 aromatic carbocycles. The Labute approximate surface area is 157 Å². The molecule has 0 saturated carbocycles. The molecule has 0 aliphatic rings. The molecule has 3 rings (SSSR count). The summed E-state index contributed by atoms with van der Waals surface area (Å²) in [5.74, 6) is -0.266. The van der Waals surface area contributed by atoms with Gasteiger partial charge in [-0.15, -0.1) is 0 Å². The van der Waals surface area contributed by atoms with Crippen LogP contribution in [-0.2, 0) is 0 Å². The summed E-state index contributed by atoms with van der Waals surface area (Å²) in [6.45, 7) is 0. The number of amides is 2. The number of carbonyl (C=O) groups excluding carboxylic acids is 1. The van der Waals surface area contributed by atoms with E-state index in [0.717, 1.165) is 11.1 Å². The number of hydrogen-bond donors (Lipinski definition) is 3. The molecule has 136 valence electrons. The quantitative estimate of drug-likeness (QED) is 0.617. The molecule has 0 bridgehead atoms. The highest BCUT2D eigenvalue weighted by atomic mass is 16.4. The minimum absolute atomic E-state index is 0.266. The van der Waals surface area contributed by atoms with E-state index in [1.807, 2.05) is 66.7 Å². The summed E-state index contributed by atoms with van der Waals surface area (Å²) in [6.07, 6.45) is -1.15. The van der Waals surface area contributed by atoms with Gasteiger partial charge in [-0.2, -0.15) is 0 Å². The average molecular weight is 360 g/mol. The van der Waals surface area contributed by atoms with Crippen molar-refractivity contribution in [1.82, 2.24) is 10.6 Å². The molecule has 0 spiro atoms. The Kier molecular flexibility index (Phi) is 5.84. The molecule has 0 aliphatic carbocycles. The third-order valence-corrected chi connectivity index (χ3v) is 4.25. The van der Waals surface area contributed by atoms with E-state index in [9.17, 15) is 14.7 Å². The van der Waals surface area contributed by atoms with E-state index in [4.69, 9.17) is 0 Å². The van der Waals surface area contributed by atoms with E-state index in [-0.39, 0.29) is 5.91 Å². The molecule has 0 unspecified atom stereocenters. The zero-order chi connectivity index (χ0) is 19.1. The van der Waals surface area contributed by atoms with Crippen molar-refractivity contribution in [2.75, 3.05) is 0 Å². The van der Waals surface area contributed by atoms with Crippen molar-refractivity contribution in [3.05, 3.63) is 108 Å². The van der Waals surface area contributed by atoms with E-state index < -0.39 is 18.2 Å². The molecule has 2 amide bonds. The third kappa shape index (κ3) is 4.73. The Morgan fingerprint density at radius 2 is 1.04 bits per heavy atom. The predicted molar refractivity (Wildman–Crippen MR) is 103 cm³/mol. The maximum Gasteiger partial charge on any atom is 0.405 e. The van der Waals surface area contributed by atoms with Crippen molar-refractivity contribution in [2.24, 2.45) is 0 Å². The van der Waals surface area contributed by atoms with Crippen molar-refractivity contribution >= 4 is 12.0 Å². The fraction of sp³-hybridized carbons (Fsp3) is 0.0909. The first kappa shape index (κ1) is 18.2. The second-order valence-corrected chi connectivity index (χ2v) is 6.07. The zero-order valence-corrected chi connectivity index (χ0v) is 14.6. The van der Waals surface area contributed by atoms with E-state index >= 15 is 0 Å². The summed E-state index contributed by atoms with van der Waals surface area (Å²) in [7, 11) is 0. The first-order valence-electron chi connectivity index (χ1n) is 8.60. The number of benzene rings is 3. The van der Waals surface area contributed by atoms with Gasteiger partial charge in [0.25, 0.3) is 5.91 Å². The summed E-state index contributed by atoms with van der Waals surface area (Å²) in [4.78, 5) is 24.2. The lowest BCUT2D eigenvalue weighted by Crippen LogP contribution is -2.40. The lowest BCUT2D eigenvalue weighted by molar-refractivity contribution is 0.0924. The summed E-state index contributed by atoms with van der Waals surface area (Å²) >= 11 is 0. The van der Waals surface area contributed by atoms with E-state index in [1.165, 1.54) is 0 Å². The Morgan fingerprint density at radius 1 is 0.630 bits per heavy atom. The van der Waals surface area contributed by atoms with Gasteiger partial charge < -0.3 is 15.7 Å². The van der Waals surface area contributed by atoms with Crippen LogP contribution in [-0.4, -0.2) is 17.1 Å². The minimum Gasteiger partial charge on any atom is -0.465 e. The van der Waals surface area contributed by atoms with Gasteiger partial charge in [0.05, 0.1) is 12.1 Å². The van der Waals surface area contributed by atoms with Gasteiger partial charge >= 0.3 is 6.09 Å². The maximum atomic E-state index is 12.8. The molecule has 3 aromatic rings. The Morgan fingerprint density at radius 3 is 1.48 bits per heavy atom. The van der Waals surface area contributed by atoms with Crippen LogP contribution in [0.3, 0.4) is 0 Å². The van der Waals surface area contributed by atoms with Crippen LogP contribution in [0, 0.1) is 0 Å². The van der Waals surface area contributed by atoms with E-state index in [2.05, 4.69) is 10.6 Å². The molecule has 27 heavy (non-hydrogen) atoms. The molecule has 5 heteroatoms. The molecule has 0 fully saturated rings. The maximum absolute atomic E-state index is 12.8. The smallest absolute Gasteiger partial charge is 0.405 e. The predicted octanol–water partition coefficient (Wildman–Crippen LogP) is 4.17. The molecule has 5 nitrogen and oxygen atoms in total. The van der Waals surface area contributed by atoms with Crippen LogP contribution in [0.4, 0.5) is 4.79 Å². The molecular weight excluding hydrogens is 340 g/mol. The lowest BCUT2D eigenvalue weighted by Gasteiger charge is -2.29. The summed E-state index contributed by atoms with van der Waals surface area (Å²) < 4.78 is 0. The highest BCUT2D eigenvalue weighted by molar-refractivity contribution is 5.94. The topological polar surface area (TPSA) is 78.4 Å². The van der Waals surface area contributed by atoms with Crippen LogP contribution >= 0.6 is 0 Å². The van der Waals surface area contributed by atoms with E-state index in [1.54, 1.807) is 24.3 Å². The molecule has 2 atom stereocenters. The van der Waals surface area contributed by atoms with Crippen LogP contribution in [0.5, 0.6) is 0 Å². The molecule has 0 heterocycles. The number of hydrogen-bond acceptors (Lipinski definition) is 2. The Balaban J connectivity index is 1.99. The highest BCUT2D eigenvalue weighted by Crippen LogP contribution is 2.29. The fourth-order valence-corrected chi connectivity index (χ4v) is 2.99. The van der Waals surface area contributed by atoms with Crippen molar-refractivity contribution in [1.29, 1.82) is 0 Å². The summed E-state index contributed by atoms with van der Waals surface area (Å²) in [6, 6.07) is 26.2. The van der Waals surface area contributed by atoms with Gasteiger partial charge in [-0.3, -0.25) is 4.79 Å². The van der Waals surface area contributed by atoms with Crippen molar-refractivity contribution in [3.8, 4) is 0 Å². The number of carbonyl (C=O) groups is 2. The fourth-order valence-electron chi connectivity index (χ4n) is 2.99. The Bertz CT molecular complexity index is 883. The number of nitrogens with one attached hydrogen (secondary N) is 2. The van der Waals surface area contributed by atoms with Gasteiger partial charge in [0.15, 0.2) is 0 Å². The lowest BCUT2D eigenvalue weighted by atomic mass is 9.93. The van der Waals surface area contributed by atoms with Crippen LogP contribution < -0.4 is 10.6 Å². The van der Waals surface area contributed by atoms with Crippen LogP contribution in [0.25, 0.3) is 0 Å². The first-order chi connectivity index (χ1) is 13.1. The van der Waals surface area contributed by atoms with Crippen LogP contribution in [0.2, 0.25) is 0 Å². The molecule has 0 aliphatic heterocycles. The van der Waals surface area contributed by atoms with Gasteiger partial charge in [-0.1, -0.05) is 78.9 Å². The van der Waals surface area contributed by atoms with Gasteiger partial charge in [0.1, 0.15) is 0 Å². The van der Waals surface area contributed by atoms with E-state index in [0.29, 0.717) is 5.56 Å². The molecule has 3 N–H and O–H groups in total.